The topological polar surface area (TPSA) is 58.6 Å². The van der Waals surface area contributed by atoms with Gasteiger partial charge in [-0.15, -0.1) is 12.4 Å². The zero-order valence-corrected chi connectivity index (χ0v) is 12.1. The minimum absolute atomic E-state index is 0. The Kier molecular flexibility index (Phi) is 8.32. The summed E-state index contributed by atoms with van der Waals surface area (Å²) < 4.78 is 30.3. The minimum atomic E-state index is -3.06. The second kappa shape index (κ2) is 8.26. The van der Waals surface area contributed by atoms with Crippen LogP contribution in [0.4, 0.5) is 0 Å². The van der Waals surface area contributed by atoms with Gasteiger partial charge in [-0.25, -0.2) is 12.7 Å². The third kappa shape index (κ3) is 5.52. The minimum Gasteiger partial charge on any atom is -0.385 e. The van der Waals surface area contributed by atoms with Crippen molar-refractivity contribution in [2.24, 2.45) is 5.92 Å². The van der Waals surface area contributed by atoms with Gasteiger partial charge in [0.2, 0.25) is 10.0 Å². The summed E-state index contributed by atoms with van der Waals surface area (Å²) >= 11 is 0. The van der Waals surface area contributed by atoms with Gasteiger partial charge < -0.3 is 10.1 Å². The van der Waals surface area contributed by atoms with E-state index < -0.39 is 10.0 Å². The predicted octanol–water partition coefficient (Wildman–Crippen LogP) is 0.316. The van der Waals surface area contributed by atoms with Crippen molar-refractivity contribution in [3.8, 4) is 0 Å². The SMILES string of the molecule is CNCC1CCN(S(=O)(=O)CCCOC)C1.Cl. The highest BCUT2D eigenvalue weighted by Crippen LogP contribution is 2.19. The van der Waals surface area contributed by atoms with E-state index in [0.29, 0.717) is 32.0 Å². The Hall–Kier alpha value is 0.120. The standard InChI is InChI=1S/C10H22N2O3S.ClH/c1-11-8-10-4-5-12(9-10)16(13,14)7-3-6-15-2;/h10-11H,3-9H2,1-2H3;1H. The van der Waals surface area contributed by atoms with Crippen molar-refractivity contribution in [1.29, 1.82) is 0 Å². The van der Waals surface area contributed by atoms with Crippen molar-refractivity contribution in [2.45, 2.75) is 12.8 Å². The van der Waals surface area contributed by atoms with Crippen LogP contribution in [0.25, 0.3) is 0 Å². The molecule has 0 aromatic rings. The average molecular weight is 287 g/mol. The summed E-state index contributed by atoms with van der Waals surface area (Å²) in [6.07, 6.45) is 1.54. The highest BCUT2D eigenvalue weighted by atomic mass is 35.5. The average Bonchev–Trinajstić information content (AvgIpc) is 2.68. The molecule has 7 heteroatoms. The maximum atomic E-state index is 11.9. The maximum Gasteiger partial charge on any atom is 0.214 e. The van der Waals surface area contributed by atoms with Crippen molar-refractivity contribution in [2.75, 3.05) is 46.2 Å². The number of nitrogens with zero attached hydrogens (tertiary/aromatic N) is 1. The number of rotatable bonds is 7. The summed E-state index contributed by atoms with van der Waals surface area (Å²) in [6, 6.07) is 0. The molecule has 1 heterocycles. The molecule has 104 valence electrons. The van der Waals surface area contributed by atoms with Crippen molar-refractivity contribution in [3.05, 3.63) is 0 Å². The Labute approximate surface area is 110 Å². The van der Waals surface area contributed by atoms with E-state index in [0.717, 1.165) is 13.0 Å². The molecule has 1 N–H and O–H groups in total. The lowest BCUT2D eigenvalue weighted by atomic mass is 10.1. The number of sulfonamides is 1. The monoisotopic (exact) mass is 286 g/mol. The molecule has 0 radical (unpaired) electrons. The van der Waals surface area contributed by atoms with Gasteiger partial charge in [0.15, 0.2) is 0 Å². The largest absolute Gasteiger partial charge is 0.385 e. The van der Waals surface area contributed by atoms with Crippen LogP contribution < -0.4 is 5.32 Å². The van der Waals surface area contributed by atoms with Crippen molar-refractivity contribution in [3.63, 3.8) is 0 Å². The van der Waals surface area contributed by atoms with E-state index in [1.807, 2.05) is 7.05 Å². The van der Waals surface area contributed by atoms with Crippen molar-refractivity contribution in [1.82, 2.24) is 9.62 Å². The second-order valence-corrected chi connectivity index (χ2v) is 6.32. The molecule has 1 aliphatic heterocycles. The molecule has 17 heavy (non-hydrogen) atoms. The number of hydrogen-bond donors (Lipinski definition) is 1. The van der Waals surface area contributed by atoms with Crippen LogP contribution in [0.3, 0.4) is 0 Å². The molecule has 1 rings (SSSR count). The van der Waals surface area contributed by atoms with Gasteiger partial charge in [-0.05, 0) is 32.4 Å². The lowest BCUT2D eigenvalue weighted by Gasteiger charge is -2.16. The molecule has 1 saturated heterocycles. The summed E-state index contributed by atoms with van der Waals surface area (Å²) in [5, 5.41) is 3.09. The molecule has 1 unspecified atom stereocenters. The Morgan fingerprint density at radius 3 is 2.76 bits per heavy atom. The van der Waals surface area contributed by atoms with Crippen LogP contribution in [-0.4, -0.2) is 58.9 Å². The number of methoxy groups -OCH3 is 1. The first kappa shape index (κ1) is 17.1. The summed E-state index contributed by atoms with van der Waals surface area (Å²) in [6.45, 7) is 2.73. The van der Waals surface area contributed by atoms with Crippen LogP contribution in [0, 0.1) is 5.92 Å². The molecule has 0 saturated carbocycles. The summed E-state index contributed by atoms with van der Waals surface area (Å²) in [5.41, 5.74) is 0. The quantitative estimate of drug-likeness (QED) is 0.685. The highest BCUT2D eigenvalue weighted by Gasteiger charge is 2.30. The summed E-state index contributed by atoms with van der Waals surface area (Å²) in [5.74, 6) is 0.662. The fourth-order valence-electron chi connectivity index (χ4n) is 2.02. The van der Waals surface area contributed by atoms with E-state index in [9.17, 15) is 8.42 Å². The summed E-state index contributed by atoms with van der Waals surface area (Å²) in [4.78, 5) is 0. The molecule has 0 aromatic carbocycles. The number of nitrogens with one attached hydrogen (secondary N) is 1. The Bertz CT molecular complexity index is 298. The van der Waals surface area contributed by atoms with Gasteiger partial charge in [-0.3, -0.25) is 0 Å². The van der Waals surface area contributed by atoms with Crippen LogP contribution in [-0.2, 0) is 14.8 Å². The zero-order chi connectivity index (χ0) is 12.0. The van der Waals surface area contributed by atoms with E-state index in [-0.39, 0.29) is 18.2 Å². The van der Waals surface area contributed by atoms with Gasteiger partial charge in [0, 0.05) is 26.8 Å². The van der Waals surface area contributed by atoms with Gasteiger partial charge in [0.1, 0.15) is 0 Å². The zero-order valence-electron chi connectivity index (χ0n) is 10.5. The Morgan fingerprint density at radius 2 is 2.18 bits per heavy atom. The van der Waals surface area contributed by atoms with Gasteiger partial charge in [0.25, 0.3) is 0 Å². The Balaban J connectivity index is 0.00000256. The molecule has 0 spiro atoms. The fraction of sp³-hybridized carbons (Fsp3) is 1.00. The smallest absolute Gasteiger partial charge is 0.214 e. The molecule has 1 fully saturated rings. The van der Waals surface area contributed by atoms with Crippen LogP contribution in [0.15, 0.2) is 0 Å². The maximum absolute atomic E-state index is 11.9. The fourth-order valence-corrected chi connectivity index (χ4v) is 3.58. The molecule has 0 aromatic heterocycles. The van der Waals surface area contributed by atoms with Gasteiger partial charge >= 0.3 is 0 Å². The van der Waals surface area contributed by atoms with E-state index >= 15 is 0 Å². The van der Waals surface area contributed by atoms with E-state index in [1.54, 1.807) is 11.4 Å². The molecule has 1 atom stereocenters. The molecule has 1 aliphatic rings. The molecular formula is C10H23ClN2O3S. The van der Waals surface area contributed by atoms with E-state index in [2.05, 4.69) is 5.32 Å². The highest BCUT2D eigenvalue weighted by molar-refractivity contribution is 7.89. The molecule has 0 bridgehead atoms. The summed E-state index contributed by atoms with van der Waals surface area (Å²) in [7, 11) is 0.429. The van der Waals surface area contributed by atoms with Crippen molar-refractivity contribution < 1.29 is 13.2 Å². The lowest BCUT2D eigenvalue weighted by Crippen LogP contribution is -2.32. The third-order valence-electron chi connectivity index (χ3n) is 2.89. The van der Waals surface area contributed by atoms with E-state index in [4.69, 9.17) is 4.74 Å². The first-order valence-electron chi connectivity index (χ1n) is 5.71. The molecule has 5 nitrogen and oxygen atoms in total. The lowest BCUT2D eigenvalue weighted by molar-refractivity contribution is 0.199. The number of ether oxygens (including phenoxy) is 1. The molecular weight excluding hydrogens is 264 g/mol. The van der Waals surface area contributed by atoms with Crippen LogP contribution >= 0.6 is 12.4 Å². The van der Waals surface area contributed by atoms with Gasteiger partial charge in [-0.1, -0.05) is 0 Å². The normalized spacial score (nSPS) is 21.4. The Morgan fingerprint density at radius 1 is 1.47 bits per heavy atom. The first-order chi connectivity index (χ1) is 7.60. The van der Waals surface area contributed by atoms with Gasteiger partial charge in [0.05, 0.1) is 5.75 Å². The molecule has 0 amide bonds. The van der Waals surface area contributed by atoms with Crippen LogP contribution in [0.5, 0.6) is 0 Å². The van der Waals surface area contributed by atoms with Crippen LogP contribution in [0.1, 0.15) is 12.8 Å². The second-order valence-electron chi connectivity index (χ2n) is 4.23. The van der Waals surface area contributed by atoms with Gasteiger partial charge in [-0.2, -0.15) is 0 Å². The number of halogens is 1. The molecule has 0 aliphatic carbocycles. The third-order valence-corrected chi connectivity index (χ3v) is 4.81. The first-order valence-corrected chi connectivity index (χ1v) is 7.32. The number of hydrogen-bond acceptors (Lipinski definition) is 4. The van der Waals surface area contributed by atoms with Crippen molar-refractivity contribution >= 4 is 22.4 Å². The van der Waals surface area contributed by atoms with Crippen LogP contribution in [0.2, 0.25) is 0 Å². The predicted molar refractivity (Wildman–Crippen MR) is 71.1 cm³/mol. The van der Waals surface area contributed by atoms with E-state index in [1.165, 1.54) is 0 Å².